The Balaban J connectivity index is 1.54. The lowest BCUT2D eigenvalue weighted by atomic mass is 9.94. The Morgan fingerprint density at radius 3 is 2.44 bits per heavy atom. The van der Waals surface area contributed by atoms with E-state index in [2.05, 4.69) is 10.3 Å². The second kappa shape index (κ2) is 6.44. The van der Waals surface area contributed by atoms with Crippen LogP contribution in [0.4, 0.5) is 5.69 Å². The highest BCUT2D eigenvalue weighted by Crippen LogP contribution is 2.46. The summed E-state index contributed by atoms with van der Waals surface area (Å²) in [5.74, 6) is 0.516. The molecule has 1 aromatic heterocycles. The van der Waals surface area contributed by atoms with Gasteiger partial charge in [-0.1, -0.05) is 6.42 Å². The summed E-state index contributed by atoms with van der Waals surface area (Å²) in [5.41, 5.74) is 2.98. The predicted molar refractivity (Wildman–Crippen MR) is 102 cm³/mol. The maximum absolute atomic E-state index is 12.7. The predicted octanol–water partition coefficient (Wildman–Crippen LogP) is 4.52. The number of fused-ring (bicyclic) bond motifs is 1. The Kier molecular flexibility index (Phi) is 4.21. The van der Waals surface area contributed by atoms with Gasteiger partial charge in [0.1, 0.15) is 5.69 Å². The number of anilines is 1. The molecule has 1 aromatic carbocycles. The van der Waals surface area contributed by atoms with Crippen molar-refractivity contribution in [1.82, 2.24) is 4.98 Å². The second-order valence-corrected chi connectivity index (χ2v) is 7.47. The number of benzene rings is 1. The standard InChI is InChI=1S/C21H24N2O4/c1-12-18(14(3)24)13(2)22-19(12)20(25)23-15-7-8-16-17(11-15)27-21(26-16)9-5-4-6-10-21/h7-8,11,22H,4-6,9-10H2,1-3H3,(H,23,25). The highest BCUT2D eigenvalue weighted by Gasteiger charge is 2.42. The lowest BCUT2D eigenvalue weighted by Gasteiger charge is -2.31. The minimum Gasteiger partial charge on any atom is -0.448 e. The van der Waals surface area contributed by atoms with Crippen LogP contribution >= 0.6 is 0 Å². The molecule has 0 unspecified atom stereocenters. The molecule has 27 heavy (non-hydrogen) atoms. The molecule has 2 aliphatic rings. The summed E-state index contributed by atoms with van der Waals surface area (Å²) in [4.78, 5) is 27.5. The fourth-order valence-corrected chi connectivity index (χ4v) is 4.16. The normalized spacial score (nSPS) is 17.1. The number of H-pyrrole nitrogens is 1. The third-order valence-electron chi connectivity index (χ3n) is 5.43. The SMILES string of the molecule is CC(=O)c1c(C)[nH]c(C(=O)Nc2ccc3c(c2)OC2(CCCCC2)O3)c1C. The number of Topliss-reactive ketones (excluding diaryl/α,β-unsaturated/α-hetero) is 1. The number of ketones is 1. The van der Waals surface area contributed by atoms with Crippen LogP contribution in [-0.4, -0.2) is 22.5 Å². The number of aromatic nitrogens is 1. The van der Waals surface area contributed by atoms with Gasteiger partial charge >= 0.3 is 0 Å². The summed E-state index contributed by atoms with van der Waals surface area (Å²) in [6, 6.07) is 5.44. The Morgan fingerprint density at radius 2 is 1.78 bits per heavy atom. The number of hydrogen-bond donors (Lipinski definition) is 2. The van der Waals surface area contributed by atoms with Gasteiger partial charge in [0.2, 0.25) is 0 Å². The Morgan fingerprint density at radius 1 is 1.07 bits per heavy atom. The van der Waals surface area contributed by atoms with Gasteiger partial charge in [0.15, 0.2) is 17.3 Å². The molecule has 0 bridgehead atoms. The van der Waals surface area contributed by atoms with Crippen molar-refractivity contribution in [2.75, 3.05) is 5.32 Å². The van der Waals surface area contributed by atoms with Crippen LogP contribution in [0.25, 0.3) is 0 Å². The number of rotatable bonds is 3. The number of carbonyl (C=O) groups excluding carboxylic acids is 2. The van der Waals surface area contributed by atoms with Crippen LogP contribution in [-0.2, 0) is 0 Å². The zero-order valence-corrected chi connectivity index (χ0v) is 15.9. The molecule has 2 heterocycles. The Labute approximate surface area is 158 Å². The molecule has 1 spiro atoms. The number of ether oxygens (including phenoxy) is 2. The third-order valence-corrected chi connectivity index (χ3v) is 5.43. The average molecular weight is 368 g/mol. The number of hydrogen-bond acceptors (Lipinski definition) is 4. The van der Waals surface area contributed by atoms with Gasteiger partial charge in [-0.15, -0.1) is 0 Å². The van der Waals surface area contributed by atoms with Crippen LogP contribution < -0.4 is 14.8 Å². The minimum absolute atomic E-state index is 0.0545. The largest absolute Gasteiger partial charge is 0.448 e. The molecule has 1 saturated carbocycles. The van der Waals surface area contributed by atoms with Crippen LogP contribution in [0.15, 0.2) is 18.2 Å². The summed E-state index contributed by atoms with van der Waals surface area (Å²) in [6.07, 6.45) is 5.18. The van der Waals surface area contributed by atoms with E-state index in [0.717, 1.165) is 31.4 Å². The topological polar surface area (TPSA) is 80.4 Å². The summed E-state index contributed by atoms with van der Waals surface area (Å²) in [6.45, 7) is 5.08. The molecule has 0 radical (unpaired) electrons. The molecule has 0 saturated heterocycles. The van der Waals surface area contributed by atoms with E-state index in [0.29, 0.717) is 34.0 Å². The van der Waals surface area contributed by atoms with Gasteiger partial charge in [0, 0.05) is 35.9 Å². The second-order valence-electron chi connectivity index (χ2n) is 7.47. The van der Waals surface area contributed by atoms with E-state index in [9.17, 15) is 9.59 Å². The summed E-state index contributed by atoms with van der Waals surface area (Å²) in [5, 5.41) is 2.88. The van der Waals surface area contributed by atoms with Gasteiger partial charge in [0.25, 0.3) is 11.7 Å². The van der Waals surface area contributed by atoms with Crippen molar-refractivity contribution in [3.05, 3.63) is 40.7 Å². The molecule has 4 rings (SSSR count). The van der Waals surface area contributed by atoms with Crippen molar-refractivity contribution in [2.45, 2.75) is 58.7 Å². The van der Waals surface area contributed by atoms with Crippen molar-refractivity contribution in [3.63, 3.8) is 0 Å². The molecule has 1 fully saturated rings. The molecule has 1 aliphatic heterocycles. The van der Waals surface area contributed by atoms with E-state index >= 15 is 0 Å². The molecule has 1 amide bonds. The van der Waals surface area contributed by atoms with E-state index < -0.39 is 5.79 Å². The maximum Gasteiger partial charge on any atom is 0.272 e. The van der Waals surface area contributed by atoms with Crippen molar-refractivity contribution < 1.29 is 19.1 Å². The van der Waals surface area contributed by atoms with Gasteiger partial charge in [-0.2, -0.15) is 0 Å². The van der Waals surface area contributed by atoms with Gasteiger partial charge < -0.3 is 19.8 Å². The lowest BCUT2D eigenvalue weighted by Crippen LogP contribution is -2.40. The first-order chi connectivity index (χ1) is 12.9. The van der Waals surface area contributed by atoms with Crippen LogP contribution in [0.3, 0.4) is 0 Å². The Hall–Kier alpha value is -2.76. The van der Waals surface area contributed by atoms with Crippen LogP contribution in [0.1, 0.15) is 71.1 Å². The van der Waals surface area contributed by atoms with Crippen molar-refractivity contribution in [3.8, 4) is 11.5 Å². The first-order valence-corrected chi connectivity index (χ1v) is 9.42. The average Bonchev–Trinajstić information content (AvgIpc) is 3.11. The molecule has 6 nitrogen and oxygen atoms in total. The number of aryl methyl sites for hydroxylation is 1. The highest BCUT2D eigenvalue weighted by molar-refractivity contribution is 6.07. The van der Waals surface area contributed by atoms with Crippen LogP contribution in [0.2, 0.25) is 0 Å². The summed E-state index contributed by atoms with van der Waals surface area (Å²) >= 11 is 0. The smallest absolute Gasteiger partial charge is 0.272 e. The van der Waals surface area contributed by atoms with E-state index in [-0.39, 0.29) is 11.7 Å². The number of carbonyl (C=O) groups is 2. The molecule has 1 aliphatic carbocycles. The van der Waals surface area contributed by atoms with E-state index in [4.69, 9.17) is 9.47 Å². The monoisotopic (exact) mass is 368 g/mol. The maximum atomic E-state index is 12.7. The van der Waals surface area contributed by atoms with Gasteiger partial charge in [0.05, 0.1) is 0 Å². The number of amides is 1. The zero-order chi connectivity index (χ0) is 19.2. The van der Waals surface area contributed by atoms with Gasteiger partial charge in [-0.25, -0.2) is 0 Å². The number of nitrogens with one attached hydrogen (secondary N) is 2. The first kappa shape index (κ1) is 17.6. The van der Waals surface area contributed by atoms with Crippen molar-refractivity contribution in [1.29, 1.82) is 0 Å². The van der Waals surface area contributed by atoms with E-state index in [1.54, 1.807) is 26.0 Å². The van der Waals surface area contributed by atoms with E-state index in [1.807, 2.05) is 6.07 Å². The molecule has 2 N–H and O–H groups in total. The zero-order valence-electron chi connectivity index (χ0n) is 15.9. The van der Waals surface area contributed by atoms with Crippen LogP contribution in [0.5, 0.6) is 11.5 Å². The first-order valence-electron chi connectivity index (χ1n) is 9.42. The fourth-order valence-electron chi connectivity index (χ4n) is 4.16. The molecule has 0 atom stereocenters. The van der Waals surface area contributed by atoms with Gasteiger partial charge in [-0.05, 0) is 51.3 Å². The molecule has 2 aromatic rings. The molecular formula is C21H24N2O4. The quantitative estimate of drug-likeness (QED) is 0.781. The van der Waals surface area contributed by atoms with Crippen molar-refractivity contribution in [2.24, 2.45) is 0 Å². The summed E-state index contributed by atoms with van der Waals surface area (Å²) < 4.78 is 12.2. The molecule has 6 heteroatoms. The third kappa shape index (κ3) is 3.09. The minimum atomic E-state index is -0.535. The van der Waals surface area contributed by atoms with Crippen molar-refractivity contribution >= 4 is 17.4 Å². The molecular weight excluding hydrogens is 344 g/mol. The lowest BCUT2D eigenvalue weighted by molar-refractivity contribution is -0.105. The fraction of sp³-hybridized carbons (Fsp3) is 0.429. The van der Waals surface area contributed by atoms with Gasteiger partial charge in [-0.3, -0.25) is 9.59 Å². The Bertz CT molecular complexity index is 923. The summed E-state index contributed by atoms with van der Waals surface area (Å²) in [7, 11) is 0. The highest BCUT2D eigenvalue weighted by atomic mass is 16.7. The van der Waals surface area contributed by atoms with Crippen LogP contribution in [0, 0.1) is 13.8 Å². The van der Waals surface area contributed by atoms with E-state index in [1.165, 1.54) is 13.3 Å². The number of aromatic amines is 1. The molecule has 142 valence electrons.